The number of methoxy groups -OCH3 is 1. The molecular formula is C40H63NO16. The summed E-state index contributed by atoms with van der Waals surface area (Å²) >= 11 is 0. The number of aldehydes is 1. The van der Waals surface area contributed by atoms with Gasteiger partial charge in [-0.2, -0.15) is 0 Å². The Morgan fingerprint density at radius 2 is 1.70 bits per heavy atom. The number of aliphatic hydroxyl groups is 2. The van der Waals surface area contributed by atoms with Crippen molar-refractivity contribution in [2.24, 2.45) is 11.8 Å². The first-order chi connectivity index (χ1) is 26.8. The summed E-state index contributed by atoms with van der Waals surface area (Å²) in [4.78, 5) is 65.2. The smallest absolute Gasteiger partial charge is 0.309 e. The standard InChI is InChI=1S/C40H63NO16/c1-11-30(45)55-38-23(5)51-32(19-40(38,7)48)56-35-22(4)52-39(34(47)33(35)41(8)9)57-36-25(14-15-42)16-20(2)26(44)12-13-27-28(54-27)17-21(3)50-31(46)18-29(37(36)49-10)53-24(6)43/h12-13,15,20-23,25,27-29,32-39,47-48H,11,14,16-19H2,1-10H3/b13-12+/t20-,21-,22?,23?,25+,27?,28?,29-,32+,33?,34?,35-,36+,37+,38+,39+,40?/m1/s1. The fourth-order valence-electron chi connectivity index (χ4n) is 8.21. The summed E-state index contributed by atoms with van der Waals surface area (Å²) in [6.07, 6.45) is -8.00. The molecule has 3 saturated heterocycles. The molecule has 4 aliphatic heterocycles. The van der Waals surface area contributed by atoms with E-state index in [2.05, 4.69) is 0 Å². The Kier molecular flexibility index (Phi) is 16.8. The molecule has 4 rings (SSSR count). The van der Waals surface area contributed by atoms with E-state index in [1.165, 1.54) is 20.1 Å². The number of esters is 3. The normalized spacial score (nSPS) is 42.7. The van der Waals surface area contributed by atoms with Crippen LogP contribution in [-0.2, 0) is 66.6 Å². The van der Waals surface area contributed by atoms with Crippen molar-refractivity contribution in [2.45, 2.75) is 178 Å². The quantitative estimate of drug-likeness (QED) is 0.132. The molecule has 0 spiro atoms. The number of ketones is 1. The van der Waals surface area contributed by atoms with Crippen molar-refractivity contribution >= 4 is 30.0 Å². The summed E-state index contributed by atoms with van der Waals surface area (Å²) in [5.41, 5.74) is -1.50. The summed E-state index contributed by atoms with van der Waals surface area (Å²) in [6, 6.07) is -0.796. The SMILES string of the molecule is CCC(=O)O[C@H]1C(C)O[C@@H](O[C@@H]2C(C)O[C@@H](O[C@H]3[C@@H](CC=O)C[C@@H](C)C(=O)/C=C/C4OC4C[C@@H](C)OC(=O)C[C@@H](OC(C)=O)[C@@H]3OC)C(O)C2N(C)C)CC1(C)O. The Balaban J connectivity index is 1.66. The molecule has 2 N–H and O–H groups in total. The minimum absolute atomic E-state index is 0.0531. The molecule has 3 fully saturated rings. The molecule has 0 radical (unpaired) electrons. The molecule has 0 amide bonds. The Morgan fingerprint density at radius 1 is 1.00 bits per heavy atom. The van der Waals surface area contributed by atoms with Crippen LogP contribution in [0.4, 0.5) is 0 Å². The summed E-state index contributed by atoms with van der Waals surface area (Å²) in [7, 11) is 4.81. The minimum Gasteiger partial charge on any atom is -0.462 e. The molecule has 0 bridgehead atoms. The average Bonchev–Trinajstić information content (AvgIpc) is 3.86. The maximum Gasteiger partial charge on any atom is 0.309 e. The van der Waals surface area contributed by atoms with Crippen molar-refractivity contribution < 1.29 is 76.8 Å². The summed E-state index contributed by atoms with van der Waals surface area (Å²) in [6.45, 7) is 11.2. The molecule has 324 valence electrons. The van der Waals surface area contributed by atoms with E-state index < -0.39 is 115 Å². The van der Waals surface area contributed by atoms with E-state index in [1.807, 2.05) is 0 Å². The van der Waals surface area contributed by atoms with Gasteiger partial charge in [-0.15, -0.1) is 0 Å². The van der Waals surface area contributed by atoms with E-state index in [0.717, 1.165) is 0 Å². The van der Waals surface area contributed by atoms with Gasteiger partial charge < -0.3 is 62.5 Å². The predicted molar refractivity (Wildman–Crippen MR) is 199 cm³/mol. The number of hydrogen-bond acceptors (Lipinski definition) is 17. The molecule has 0 aromatic rings. The molecule has 7 unspecified atom stereocenters. The first-order valence-electron chi connectivity index (χ1n) is 19.9. The number of rotatable bonds is 11. The molecule has 17 heteroatoms. The number of carbonyl (C=O) groups is 5. The van der Waals surface area contributed by atoms with Gasteiger partial charge in [0.1, 0.15) is 48.5 Å². The van der Waals surface area contributed by atoms with Gasteiger partial charge in [0, 0.05) is 45.6 Å². The molecule has 0 aromatic carbocycles. The Labute approximate surface area is 334 Å². The maximum atomic E-state index is 13.4. The third-order valence-corrected chi connectivity index (χ3v) is 11.1. The molecule has 4 heterocycles. The van der Waals surface area contributed by atoms with Gasteiger partial charge in [-0.1, -0.05) is 13.8 Å². The number of likely N-dealkylation sites (N-methyl/N-ethyl adjacent to an activating group) is 1. The average molecular weight is 814 g/mol. The number of cyclic esters (lactones) is 1. The van der Waals surface area contributed by atoms with Crippen LogP contribution in [0.25, 0.3) is 0 Å². The van der Waals surface area contributed by atoms with Gasteiger partial charge >= 0.3 is 17.9 Å². The van der Waals surface area contributed by atoms with Crippen molar-refractivity contribution in [1.29, 1.82) is 0 Å². The van der Waals surface area contributed by atoms with Crippen LogP contribution in [0.1, 0.15) is 87.0 Å². The first kappa shape index (κ1) is 46.8. The van der Waals surface area contributed by atoms with Crippen molar-refractivity contribution in [3.8, 4) is 0 Å². The number of aliphatic hydroxyl groups excluding tert-OH is 1. The van der Waals surface area contributed by atoms with Crippen LogP contribution >= 0.6 is 0 Å². The second kappa shape index (κ2) is 20.4. The molecule has 0 aromatic heterocycles. The second-order valence-electron chi connectivity index (χ2n) is 16.2. The van der Waals surface area contributed by atoms with Crippen molar-refractivity contribution in [2.75, 3.05) is 21.2 Å². The second-order valence-corrected chi connectivity index (χ2v) is 16.2. The number of hydrogen-bond donors (Lipinski definition) is 2. The molecule has 0 saturated carbocycles. The van der Waals surface area contributed by atoms with Gasteiger partial charge in [-0.3, -0.25) is 19.2 Å². The predicted octanol–water partition coefficient (Wildman–Crippen LogP) is 1.80. The van der Waals surface area contributed by atoms with E-state index in [0.29, 0.717) is 12.7 Å². The number of fused-ring (bicyclic) bond motifs is 1. The monoisotopic (exact) mass is 813 g/mol. The van der Waals surface area contributed by atoms with Crippen molar-refractivity contribution in [3.63, 3.8) is 0 Å². The van der Waals surface area contributed by atoms with Gasteiger partial charge in [0.25, 0.3) is 0 Å². The van der Waals surface area contributed by atoms with Crippen LogP contribution in [0.5, 0.6) is 0 Å². The lowest BCUT2D eigenvalue weighted by Gasteiger charge is -2.50. The van der Waals surface area contributed by atoms with E-state index in [1.54, 1.807) is 66.6 Å². The van der Waals surface area contributed by atoms with Crippen LogP contribution in [0.2, 0.25) is 0 Å². The lowest BCUT2D eigenvalue weighted by molar-refractivity contribution is -0.344. The van der Waals surface area contributed by atoms with Crippen LogP contribution in [-0.4, -0.2) is 158 Å². The topological polar surface area (TPSA) is 215 Å². The zero-order chi connectivity index (χ0) is 42.4. The number of allylic oxidation sites excluding steroid dienone is 1. The lowest BCUT2D eigenvalue weighted by atomic mass is 9.83. The highest BCUT2D eigenvalue weighted by atomic mass is 16.7. The number of nitrogens with zero attached hydrogens (tertiary/aromatic N) is 1. The minimum atomic E-state index is -1.50. The Bertz CT molecular complexity index is 1420. The number of ether oxygens (including phenoxy) is 9. The zero-order valence-corrected chi connectivity index (χ0v) is 34.8. The third kappa shape index (κ3) is 12.3. The third-order valence-electron chi connectivity index (χ3n) is 11.1. The lowest BCUT2D eigenvalue weighted by Crippen LogP contribution is -2.66. The Morgan fingerprint density at radius 3 is 2.30 bits per heavy atom. The van der Waals surface area contributed by atoms with E-state index in [9.17, 15) is 34.2 Å². The van der Waals surface area contributed by atoms with Gasteiger partial charge in [-0.25, -0.2) is 0 Å². The zero-order valence-electron chi connectivity index (χ0n) is 34.8. The van der Waals surface area contributed by atoms with Crippen LogP contribution in [0.3, 0.4) is 0 Å². The fourth-order valence-corrected chi connectivity index (χ4v) is 8.21. The Hall–Kier alpha value is -2.87. The van der Waals surface area contributed by atoms with Gasteiger partial charge in [0.05, 0.1) is 36.9 Å². The largest absolute Gasteiger partial charge is 0.462 e. The van der Waals surface area contributed by atoms with Crippen LogP contribution in [0.15, 0.2) is 12.2 Å². The van der Waals surface area contributed by atoms with Gasteiger partial charge in [0.2, 0.25) is 0 Å². The van der Waals surface area contributed by atoms with E-state index in [4.69, 9.17) is 42.6 Å². The fraction of sp³-hybridized carbons (Fsp3) is 0.825. The van der Waals surface area contributed by atoms with Crippen molar-refractivity contribution in [1.82, 2.24) is 4.90 Å². The maximum absolute atomic E-state index is 13.4. The molecule has 0 aliphatic carbocycles. The highest BCUT2D eigenvalue weighted by Crippen LogP contribution is 2.38. The van der Waals surface area contributed by atoms with E-state index in [-0.39, 0.29) is 43.7 Å². The highest BCUT2D eigenvalue weighted by Gasteiger charge is 2.53. The molecule has 4 aliphatic rings. The van der Waals surface area contributed by atoms with E-state index >= 15 is 0 Å². The molecular weight excluding hydrogens is 750 g/mol. The molecule has 17 atom stereocenters. The molecule has 57 heavy (non-hydrogen) atoms. The van der Waals surface area contributed by atoms with Crippen molar-refractivity contribution in [3.05, 3.63) is 12.2 Å². The van der Waals surface area contributed by atoms with Crippen LogP contribution < -0.4 is 0 Å². The van der Waals surface area contributed by atoms with Gasteiger partial charge in [-0.05, 0) is 66.3 Å². The number of epoxide rings is 1. The number of carbonyl (C=O) groups excluding carboxylic acids is 5. The van der Waals surface area contributed by atoms with Gasteiger partial charge in [0.15, 0.2) is 24.5 Å². The highest BCUT2D eigenvalue weighted by molar-refractivity contribution is 5.91. The first-order valence-corrected chi connectivity index (χ1v) is 19.9. The van der Waals surface area contributed by atoms with Crippen LogP contribution in [0, 0.1) is 11.8 Å². The summed E-state index contributed by atoms with van der Waals surface area (Å²) in [5, 5.41) is 23.4. The summed E-state index contributed by atoms with van der Waals surface area (Å²) in [5.74, 6) is -3.45. The summed E-state index contributed by atoms with van der Waals surface area (Å²) < 4.78 is 53.9. The molecule has 17 nitrogen and oxygen atoms in total.